The first-order chi connectivity index (χ1) is 5.68. The standard InChI is InChI=1S/C8H10N4/c1-6-11-7(4-9)2-3-8(7,5-10)12-6/h6,11-12H,2-3H2,1H3. The molecule has 0 aromatic rings. The predicted octanol–water partition coefficient (Wildman–Crippen LogP) is -0.156. The van der Waals surface area contributed by atoms with Crippen molar-refractivity contribution in [1.82, 2.24) is 10.6 Å². The predicted molar refractivity (Wildman–Crippen MR) is 41.7 cm³/mol. The molecule has 2 aliphatic rings. The molecule has 2 rings (SSSR count). The molecule has 62 valence electrons. The highest BCUT2D eigenvalue weighted by atomic mass is 15.3. The van der Waals surface area contributed by atoms with Crippen molar-refractivity contribution >= 4 is 0 Å². The Morgan fingerprint density at radius 2 is 1.58 bits per heavy atom. The number of hydrogen-bond donors (Lipinski definition) is 2. The molecule has 0 spiro atoms. The molecule has 1 aliphatic heterocycles. The van der Waals surface area contributed by atoms with E-state index in [4.69, 9.17) is 10.5 Å². The van der Waals surface area contributed by atoms with Crippen LogP contribution in [0, 0.1) is 22.7 Å². The smallest absolute Gasteiger partial charge is 0.139 e. The quantitative estimate of drug-likeness (QED) is 0.519. The highest BCUT2D eigenvalue weighted by molar-refractivity contribution is 5.40. The zero-order valence-corrected chi connectivity index (χ0v) is 6.89. The van der Waals surface area contributed by atoms with E-state index in [-0.39, 0.29) is 6.17 Å². The summed E-state index contributed by atoms with van der Waals surface area (Å²) in [6.45, 7) is 1.93. The number of hydrogen-bond acceptors (Lipinski definition) is 4. The second-order valence-electron chi connectivity index (χ2n) is 3.54. The Hall–Kier alpha value is -1.10. The highest BCUT2D eigenvalue weighted by Crippen LogP contribution is 2.45. The third-order valence-electron chi connectivity index (χ3n) is 2.91. The van der Waals surface area contributed by atoms with E-state index in [0.717, 1.165) is 12.8 Å². The van der Waals surface area contributed by atoms with E-state index in [2.05, 4.69) is 22.8 Å². The second kappa shape index (κ2) is 1.98. The molecule has 4 nitrogen and oxygen atoms in total. The zero-order chi connectivity index (χ0) is 8.82. The number of fused-ring (bicyclic) bond motifs is 1. The minimum Gasteiger partial charge on any atom is -0.282 e. The number of nitriles is 2. The minimum atomic E-state index is -0.624. The lowest BCUT2D eigenvalue weighted by Gasteiger charge is -2.44. The van der Waals surface area contributed by atoms with Gasteiger partial charge in [0.2, 0.25) is 0 Å². The Morgan fingerprint density at radius 3 is 1.83 bits per heavy atom. The SMILES string of the molecule is CC1NC2(C#N)CCC2(C#N)N1. The topological polar surface area (TPSA) is 71.6 Å². The van der Waals surface area contributed by atoms with Crippen LogP contribution in [-0.2, 0) is 0 Å². The summed E-state index contributed by atoms with van der Waals surface area (Å²) in [5, 5.41) is 24.1. The monoisotopic (exact) mass is 162 g/mol. The van der Waals surface area contributed by atoms with Crippen LogP contribution in [0.1, 0.15) is 19.8 Å². The van der Waals surface area contributed by atoms with E-state index in [1.165, 1.54) is 0 Å². The van der Waals surface area contributed by atoms with Gasteiger partial charge < -0.3 is 0 Å². The molecule has 0 bridgehead atoms. The van der Waals surface area contributed by atoms with Crippen molar-refractivity contribution in [3.63, 3.8) is 0 Å². The summed E-state index contributed by atoms with van der Waals surface area (Å²) in [6.07, 6.45) is 1.61. The average Bonchev–Trinajstić information content (AvgIpc) is 2.25. The molecule has 1 saturated carbocycles. The van der Waals surface area contributed by atoms with Crippen LogP contribution in [0.2, 0.25) is 0 Å². The molecule has 2 atom stereocenters. The van der Waals surface area contributed by atoms with Crippen molar-refractivity contribution in [1.29, 1.82) is 10.5 Å². The van der Waals surface area contributed by atoms with E-state index < -0.39 is 11.1 Å². The maximum Gasteiger partial charge on any atom is 0.139 e. The van der Waals surface area contributed by atoms with Crippen LogP contribution in [0.15, 0.2) is 0 Å². The molecule has 1 aliphatic carbocycles. The molecule has 12 heavy (non-hydrogen) atoms. The van der Waals surface area contributed by atoms with Crippen molar-refractivity contribution in [2.24, 2.45) is 0 Å². The summed E-state index contributed by atoms with van der Waals surface area (Å²) in [7, 11) is 0. The molecule has 1 saturated heterocycles. The highest BCUT2D eigenvalue weighted by Gasteiger charge is 2.65. The maximum atomic E-state index is 8.96. The summed E-state index contributed by atoms with van der Waals surface area (Å²) in [5.74, 6) is 0. The van der Waals surface area contributed by atoms with E-state index in [9.17, 15) is 0 Å². The molecule has 0 aromatic heterocycles. The van der Waals surface area contributed by atoms with E-state index >= 15 is 0 Å². The fourth-order valence-corrected chi connectivity index (χ4v) is 2.16. The van der Waals surface area contributed by atoms with E-state index in [1.54, 1.807) is 0 Å². The number of nitrogens with zero attached hydrogens (tertiary/aromatic N) is 2. The van der Waals surface area contributed by atoms with Crippen LogP contribution in [-0.4, -0.2) is 17.2 Å². The summed E-state index contributed by atoms with van der Waals surface area (Å²) in [6, 6.07) is 4.41. The average molecular weight is 162 g/mol. The van der Waals surface area contributed by atoms with Gasteiger partial charge in [-0.15, -0.1) is 0 Å². The summed E-state index contributed by atoms with van der Waals surface area (Å²) >= 11 is 0. The Bertz CT molecular complexity index is 269. The van der Waals surface area contributed by atoms with Gasteiger partial charge in [0, 0.05) is 0 Å². The maximum absolute atomic E-state index is 8.96. The first-order valence-corrected chi connectivity index (χ1v) is 4.06. The fourth-order valence-electron chi connectivity index (χ4n) is 2.16. The Kier molecular flexibility index (Phi) is 1.24. The van der Waals surface area contributed by atoms with Gasteiger partial charge in [0.05, 0.1) is 18.3 Å². The first-order valence-electron chi connectivity index (χ1n) is 4.06. The Labute approximate surface area is 71.2 Å². The van der Waals surface area contributed by atoms with Gasteiger partial charge in [0.25, 0.3) is 0 Å². The van der Waals surface area contributed by atoms with Gasteiger partial charge >= 0.3 is 0 Å². The lowest BCUT2D eigenvalue weighted by atomic mass is 9.63. The first kappa shape index (κ1) is 7.54. The molecule has 2 fully saturated rings. The normalized spacial score (nSPS) is 50.1. The molecule has 2 unspecified atom stereocenters. The summed E-state index contributed by atoms with van der Waals surface area (Å²) < 4.78 is 0. The van der Waals surface area contributed by atoms with Crippen molar-refractivity contribution in [3.05, 3.63) is 0 Å². The van der Waals surface area contributed by atoms with Gasteiger partial charge in [-0.1, -0.05) is 0 Å². The molecule has 0 amide bonds. The molecule has 2 N–H and O–H groups in total. The molecular formula is C8H10N4. The third kappa shape index (κ3) is 0.582. The van der Waals surface area contributed by atoms with Gasteiger partial charge in [-0.25, -0.2) is 0 Å². The third-order valence-corrected chi connectivity index (χ3v) is 2.91. The molecule has 4 heteroatoms. The van der Waals surface area contributed by atoms with E-state index in [0.29, 0.717) is 0 Å². The van der Waals surface area contributed by atoms with Crippen LogP contribution >= 0.6 is 0 Å². The molecule has 0 aromatic carbocycles. The van der Waals surface area contributed by atoms with E-state index in [1.807, 2.05) is 6.92 Å². The fraction of sp³-hybridized carbons (Fsp3) is 0.750. The number of rotatable bonds is 0. The van der Waals surface area contributed by atoms with Crippen LogP contribution in [0.3, 0.4) is 0 Å². The van der Waals surface area contributed by atoms with Gasteiger partial charge in [0.15, 0.2) is 0 Å². The van der Waals surface area contributed by atoms with Crippen LogP contribution in [0.25, 0.3) is 0 Å². The molecule has 0 radical (unpaired) electrons. The second-order valence-corrected chi connectivity index (χ2v) is 3.54. The van der Waals surface area contributed by atoms with Crippen LogP contribution in [0.4, 0.5) is 0 Å². The Morgan fingerprint density at radius 1 is 1.17 bits per heavy atom. The summed E-state index contributed by atoms with van der Waals surface area (Å²) in [4.78, 5) is 0. The lowest BCUT2D eigenvalue weighted by Crippen LogP contribution is -2.66. The van der Waals surface area contributed by atoms with Crippen molar-refractivity contribution in [2.75, 3.05) is 0 Å². The van der Waals surface area contributed by atoms with Gasteiger partial charge in [0.1, 0.15) is 11.1 Å². The molecule has 1 heterocycles. The summed E-state index contributed by atoms with van der Waals surface area (Å²) in [5.41, 5.74) is -1.25. The van der Waals surface area contributed by atoms with Crippen LogP contribution in [0.5, 0.6) is 0 Å². The number of nitrogens with one attached hydrogen (secondary N) is 2. The van der Waals surface area contributed by atoms with Gasteiger partial charge in [-0.05, 0) is 19.8 Å². The van der Waals surface area contributed by atoms with Crippen molar-refractivity contribution < 1.29 is 0 Å². The molecular weight excluding hydrogens is 152 g/mol. The zero-order valence-electron chi connectivity index (χ0n) is 6.89. The van der Waals surface area contributed by atoms with Crippen molar-refractivity contribution in [3.8, 4) is 12.1 Å². The largest absolute Gasteiger partial charge is 0.282 e. The van der Waals surface area contributed by atoms with Crippen molar-refractivity contribution in [2.45, 2.75) is 37.0 Å². The minimum absolute atomic E-state index is 0.0619. The lowest BCUT2D eigenvalue weighted by molar-refractivity contribution is 0.185. The van der Waals surface area contributed by atoms with Gasteiger partial charge in [-0.2, -0.15) is 10.5 Å². The van der Waals surface area contributed by atoms with Gasteiger partial charge in [-0.3, -0.25) is 10.6 Å². The Balaban J connectivity index is 2.39. The van der Waals surface area contributed by atoms with Crippen LogP contribution < -0.4 is 10.6 Å².